The quantitative estimate of drug-likeness (QED) is 0.617. The Kier molecular flexibility index (Phi) is 5.45. The normalized spacial score (nSPS) is 21.9. The second kappa shape index (κ2) is 7.32. The van der Waals surface area contributed by atoms with Gasteiger partial charge in [0.2, 0.25) is 0 Å². The predicted octanol–water partition coefficient (Wildman–Crippen LogP) is 3.00. The van der Waals surface area contributed by atoms with Crippen LogP contribution in [0.4, 0.5) is 0 Å². The van der Waals surface area contributed by atoms with Crippen molar-refractivity contribution in [3.05, 3.63) is 35.9 Å². The molecule has 2 unspecified atom stereocenters. The molecule has 0 aliphatic heterocycles. The molecule has 0 saturated heterocycles. The Balaban J connectivity index is 1.78. The fraction of sp³-hybridized carbons (Fsp3) is 0.588. The van der Waals surface area contributed by atoms with Gasteiger partial charge in [0.05, 0.1) is 0 Å². The average molecular weight is 273 g/mol. The number of hydrogen-bond donors (Lipinski definition) is 2. The highest BCUT2D eigenvalue weighted by molar-refractivity contribution is 5.79. The van der Waals surface area contributed by atoms with E-state index in [1.54, 1.807) is 0 Å². The lowest BCUT2D eigenvalue weighted by Gasteiger charge is -2.12. The van der Waals surface area contributed by atoms with Crippen LogP contribution in [0.1, 0.15) is 38.7 Å². The molecule has 1 aromatic rings. The molecule has 2 rings (SSSR count). The van der Waals surface area contributed by atoms with E-state index in [9.17, 15) is 0 Å². The highest BCUT2D eigenvalue weighted by Crippen LogP contribution is 2.46. The van der Waals surface area contributed by atoms with Crippen molar-refractivity contribution >= 4 is 5.96 Å². The third-order valence-corrected chi connectivity index (χ3v) is 3.64. The van der Waals surface area contributed by atoms with Gasteiger partial charge in [0, 0.05) is 19.6 Å². The number of benzene rings is 1. The predicted molar refractivity (Wildman–Crippen MR) is 86.1 cm³/mol. The molecule has 1 aliphatic carbocycles. The summed E-state index contributed by atoms with van der Waals surface area (Å²) in [7, 11) is 0. The smallest absolute Gasteiger partial charge is 0.191 e. The lowest BCUT2D eigenvalue weighted by atomic mass is 10.1. The van der Waals surface area contributed by atoms with Crippen molar-refractivity contribution < 1.29 is 0 Å². The zero-order valence-corrected chi connectivity index (χ0v) is 12.9. The minimum Gasteiger partial charge on any atom is -0.357 e. The van der Waals surface area contributed by atoms with Gasteiger partial charge >= 0.3 is 0 Å². The summed E-state index contributed by atoms with van der Waals surface area (Å²) in [6.07, 6.45) is 1.29. The molecular weight excluding hydrogens is 246 g/mol. The SMILES string of the molecule is CCNC(=NCC(C)C)NCC1CC1c1ccccc1. The van der Waals surface area contributed by atoms with Crippen LogP contribution < -0.4 is 10.6 Å². The Labute approximate surface area is 122 Å². The van der Waals surface area contributed by atoms with Crippen LogP contribution in [0.15, 0.2) is 35.3 Å². The fourth-order valence-corrected chi connectivity index (χ4v) is 2.43. The van der Waals surface area contributed by atoms with Gasteiger partial charge < -0.3 is 10.6 Å². The molecule has 1 fully saturated rings. The maximum atomic E-state index is 4.60. The monoisotopic (exact) mass is 273 g/mol. The van der Waals surface area contributed by atoms with Crippen molar-refractivity contribution in [2.75, 3.05) is 19.6 Å². The van der Waals surface area contributed by atoms with Gasteiger partial charge in [-0.15, -0.1) is 0 Å². The van der Waals surface area contributed by atoms with E-state index in [1.165, 1.54) is 12.0 Å². The molecule has 1 aliphatic rings. The summed E-state index contributed by atoms with van der Waals surface area (Å²) in [5.74, 6) is 3.04. The van der Waals surface area contributed by atoms with Gasteiger partial charge in [0.1, 0.15) is 0 Å². The molecule has 3 nitrogen and oxygen atoms in total. The number of nitrogens with zero attached hydrogens (tertiary/aromatic N) is 1. The third-order valence-electron chi connectivity index (χ3n) is 3.64. The molecule has 0 radical (unpaired) electrons. The Bertz CT molecular complexity index is 425. The summed E-state index contributed by atoms with van der Waals surface area (Å²) in [6.45, 7) is 9.30. The van der Waals surface area contributed by atoms with Crippen molar-refractivity contribution in [1.29, 1.82) is 0 Å². The molecule has 2 N–H and O–H groups in total. The Morgan fingerprint density at radius 1 is 1.25 bits per heavy atom. The van der Waals surface area contributed by atoms with Gasteiger partial charge in [0.25, 0.3) is 0 Å². The highest BCUT2D eigenvalue weighted by atomic mass is 15.2. The van der Waals surface area contributed by atoms with Crippen molar-refractivity contribution in [3.63, 3.8) is 0 Å². The lowest BCUT2D eigenvalue weighted by Crippen LogP contribution is -2.38. The molecule has 1 saturated carbocycles. The first kappa shape index (κ1) is 14.9. The summed E-state index contributed by atoms with van der Waals surface area (Å²) in [5.41, 5.74) is 1.48. The average Bonchev–Trinajstić information content (AvgIpc) is 3.22. The Morgan fingerprint density at radius 3 is 2.65 bits per heavy atom. The van der Waals surface area contributed by atoms with Crippen LogP contribution in [0.5, 0.6) is 0 Å². The number of aliphatic imine (C=N–C) groups is 1. The number of guanidine groups is 1. The molecular formula is C17H27N3. The van der Waals surface area contributed by atoms with Gasteiger partial charge in [-0.1, -0.05) is 44.2 Å². The van der Waals surface area contributed by atoms with E-state index in [2.05, 4.69) is 66.7 Å². The minimum atomic E-state index is 0.600. The van der Waals surface area contributed by atoms with Crippen molar-refractivity contribution in [3.8, 4) is 0 Å². The first-order valence-electron chi connectivity index (χ1n) is 7.77. The minimum absolute atomic E-state index is 0.600. The summed E-state index contributed by atoms with van der Waals surface area (Å²) in [5, 5.41) is 6.79. The van der Waals surface area contributed by atoms with Crippen LogP contribution in [0, 0.1) is 11.8 Å². The molecule has 1 aromatic carbocycles. The van der Waals surface area contributed by atoms with E-state index in [-0.39, 0.29) is 0 Å². The van der Waals surface area contributed by atoms with E-state index in [0.29, 0.717) is 5.92 Å². The maximum absolute atomic E-state index is 4.60. The topological polar surface area (TPSA) is 36.4 Å². The van der Waals surface area contributed by atoms with Crippen LogP contribution in [0.25, 0.3) is 0 Å². The van der Waals surface area contributed by atoms with Crippen molar-refractivity contribution in [1.82, 2.24) is 10.6 Å². The van der Waals surface area contributed by atoms with Crippen molar-refractivity contribution in [2.24, 2.45) is 16.8 Å². The Morgan fingerprint density at radius 2 is 2.00 bits per heavy atom. The van der Waals surface area contributed by atoms with E-state index in [4.69, 9.17) is 0 Å². The van der Waals surface area contributed by atoms with Gasteiger partial charge in [-0.2, -0.15) is 0 Å². The Hall–Kier alpha value is -1.51. The maximum Gasteiger partial charge on any atom is 0.191 e. The zero-order valence-electron chi connectivity index (χ0n) is 12.9. The number of nitrogens with one attached hydrogen (secondary N) is 2. The third kappa shape index (κ3) is 4.55. The standard InChI is InChI=1S/C17H27N3/c1-4-18-17(19-11-13(2)3)20-12-15-10-16(15)14-8-6-5-7-9-14/h5-9,13,15-16H,4,10-12H2,1-3H3,(H2,18,19,20). The molecule has 2 atom stereocenters. The molecule has 3 heteroatoms. The summed E-state index contributed by atoms with van der Waals surface area (Å²) in [6, 6.07) is 10.8. The summed E-state index contributed by atoms with van der Waals surface area (Å²) >= 11 is 0. The molecule has 0 spiro atoms. The zero-order chi connectivity index (χ0) is 14.4. The van der Waals surface area contributed by atoms with E-state index < -0.39 is 0 Å². The first-order chi connectivity index (χ1) is 9.70. The summed E-state index contributed by atoms with van der Waals surface area (Å²) < 4.78 is 0. The molecule has 0 bridgehead atoms. The second-order valence-electron chi connectivity index (χ2n) is 6.01. The summed E-state index contributed by atoms with van der Waals surface area (Å²) in [4.78, 5) is 4.60. The van der Waals surface area contributed by atoms with Crippen LogP contribution in [-0.2, 0) is 0 Å². The van der Waals surface area contributed by atoms with Gasteiger partial charge in [-0.05, 0) is 36.7 Å². The van der Waals surface area contributed by atoms with Crippen LogP contribution in [-0.4, -0.2) is 25.6 Å². The van der Waals surface area contributed by atoms with Gasteiger partial charge in [0.15, 0.2) is 5.96 Å². The van der Waals surface area contributed by atoms with Crippen LogP contribution >= 0.6 is 0 Å². The van der Waals surface area contributed by atoms with Crippen LogP contribution in [0.2, 0.25) is 0 Å². The molecule has 0 aromatic heterocycles. The van der Waals surface area contributed by atoms with E-state index in [0.717, 1.165) is 37.4 Å². The molecule has 20 heavy (non-hydrogen) atoms. The molecule has 110 valence electrons. The van der Waals surface area contributed by atoms with E-state index in [1.807, 2.05) is 0 Å². The second-order valence-corrected chi connectivity index (χ2v) is 6.01. The fourth-order valence-electron chi connectivity index (χ4n) is 2.43. The largest absolute Gasteiger partial charge is 0.357 e. The first-order valence-corrected chi connectivity index (χ1v) is 7.77. The number of rotatable bonds is 6. The number of hydrogen-bond acceptors (Lipinski definition) is 1. The van der Waals surface area contributed by atoms with Gasteiger partial charge in [-0.3, -0.25) is 4.99 Å². The molecule has 0 amide bonds. The van der Waals surface area contributed by atoms with Gasteiger partial charge in [-0.25, -0.2) is 0 Å². The van der Waals surface area contributed by atoms with Crippen molar-refractivity contribution in [2.45, 2.75) is 33.1 Å². The molecule has 0 heterocycles. The lowest BCUT2D eigenvalue weighted by molar-refractivity contribution is 0.652. The van der Waals surface area contributed by atoms with Crippen LogP contribution in [0.3, 0.4) is 0 Å². The van der Waals surface area contributed by atoms with E-state index >= 15 is 0 Å². The highest BCUT2D eigenvalue weighted by Gasteiger charge is 2.37.